The highest BCUT2D eigenvalue weighted by Gasteiger charge is 2.36. The number of hydrogen-bond acceptors (Lipinski definition) is 8. The fourth-order valence-electron chi connectivity index (χ4n) is 1.61. The van der Waals surface area contributed by atoms with Crippen molar-refractivity contribution in [3.8, 4) is 0 Å². The van der Waals surface area contributed by atoms with E-state index in [4.69, 9.17) is 12.0 Å². The number of carbonyl (C=O) groups is 2. The first-order valence-electron chi connectivity index (χ1n) is 6.66. The van der Waals surface area contributed by atoms with E-state index in [9.17, 15) is 30.0 Å². The molecule has 0 amide bonds. The van der Waals surface area contributed by atoms with E-state index < -0.39 is 42.6 Å². The first-order chi connectivity index (χ1) is 9.86. The molecule has 0 saturated heterocycles. The molecule has 0 aromatic carbocycles. The molecule has 21 heavy (non-hydrogen) atoms. The molecule has 0 saturated carbocycles. The van der Waals surface area contributed by atoms with Crippen LogP contribution >= 0.6 is 0 Å². The SMILES string of the molecule is [CH]CCNCCCC(=O)[C@H](O)[C@@H](O)[C@H](O)[C@H](O)C(=O)CO. The van der Waals surface area contributed by atoms with Gasteiger partial charge in [-0.3, -0.25) is 9.59 Å². The number of carbonyl (C=O) groups excluding carboxylic acids is 2. The Labute approximate surface area is 123 Å². The largest absolute Gasteiger partial charge is 0.388 e. The van der Waals surface area contributed by atoms with E-state index in [0.717, 1.165) is 0 Å². The fourth-order valence-corrected chi connectivity index (χ4v) is 1.61. The summed E-state index contributed by atoms with van der Waals surface area (Å²) in [6, 6.07) is 0. The van der Waals surface area contributed by atoms with Gasteiger partial charge in [-0.25, -0.2) is 0 Å². The molecule has 0 aromatic rings. The van der Waals surface area contributed by atoms with Gasteiger partial charge in [-0.05, 0) is 32.9 Å². The summed E-state index contributed by atoms with van der Waals surface area (Å²) >= 11 is 0. The van der Waals surface area contributed by atoms with Crippen molar-refractivity contribution in [2.75, 3.05) is 19.7 Å². The van der Waals surface area contributed by atoms with E-state index in [1.165, 1.54) is 0 Å². The summed E-state index contributed by atoms with van der Waals surface area (Å²) in [4.78, 5) is 22.6. The second kappa shape index (κ2) is 10.8. The van der Waals surface area contributed by atoms with Crippen LogP contribution in [0.3, 0.4) is 0 Å². The van der Waals surface area contributed by atoms with Gasteiger partial charge in [0.05, 0.1) is 0 Å². The predicted octanol–water partition coefficient (Wildman–Crippen LogP) is -2.97. The first kappa shape index (κ1) is 20.1. The summed E-state index contributed by atoms with van der Waals surface area (Å²) in [5, 5.41) is 49.4. The lowest BCUT2D eigenvalue weighted by molar-refractivity contribution is -0.154. The number of hydrogen-bond donors (Lipinski definition) is 6. The quantitative estimate of drug-likeness (QED) is 0.209. The first-order valence-corrected chi connectivity index (χ1v) is 6.66. The summed E-state index contributed by atoms with van der Waals surface area (Å²) < 4.78 is 0. The van der Waals surface area contributed by atoms with Crippen molar-refractivity contribution >= 4 is 11.6 Å². The second-order valence-corrected chi connectivity index (χ2v) is 4.60. The Hall–Kier alpha value is -0.900. The van der Waals surface area contributed by atoms with E-state index in [1.54, 1.807) is 0 Å². The zero-order valence-corrected chi connectivity index (χ0v) is 11.7. The topological polar surface area (TPSA) is 147 Å². The third kappa shape index (κ3) is 7.07. The van der Waals surface area contributed by atoms with Crippen LogP contribution in [-0.4, -0.2) is 81.2 Å². The van der Waals surface area contributed by atoms with Crippen LogP contribution in [0.1, 0.15) is 19.3 Å². The molecule has 122 valence electrons. The van der Waals surface area contributed by atoms with Gasteiger partial charge < -0.3 is 30.8 Å². The Morgan fingerprint density at radius 2 is 1.48 bits per heavy atom. The number of aliphatic hydroxyl groups excluding tert-OH is 5. The van der Waals surface area contributed by atoms with Crippen molar-refractivity contribution in [2.24, 2.45) is 0 Å². The van der Waals surface area contributed by atoms with Gasteiger partial charge >= 0.3 is 0 Å². The molecule has 8 nitrogen and oxygen atoms in total. The van der Waals surface area contributed by atoms with E-state index >= 15 is 0 Å². The number of rotatable bonds is 12. The minimum Gasteiger partial charge on any atom is -0.388 e. The number of ketones is 2. The van der Waals surface area contributed by atoms with Crippen LogP contribution in [0.25, 0.3) is 0 Å². The molecular weight excluding hydrogens is 282 g/mol. The highest BCUT2D eigenvalue weighted by Crippen LogP contribution is 2.09. The van der Waals surface area contributed by atoms with Crippen LogP contribution in [0.5, 0.6) is 0 Å². The third-order valence-electron chi connectivity index (χ3n) is 2.91. The van der Waals surface area contributed by atoms with Gasteiger partial charge in [-0.15, -0.1) is 0 Å². The summed E-state index contributed by atoms with van der Waals surface area (Å²) in [5.74, 6) is -1.84. The lowest BCUT2D eigenvalue weighted by atomic mass is 9.96. The molecule has 6 N–H and O–H groups in total. The Morgan fingerprint density at radius 1 is 0.952 bits per heavy atom. The molecule has 0 spiro atoms. The van der Waals surface area contributed by atoms with Crippen LogP contribution in [0.4, 0.5) is 0 Å². The molecular formula is C13H23NO7. The van der Waals surface area contributed by atoms with Crippen LogP contribution in [0.15, 0.2) is 0 Å². The average Bonchev–Trinajstić information content (AvgIpc) is 2.50. The molecule has 0 aromatic heterocycles. The van der Waals surface area contributed by atoms with E-state index in [-0.39, 0.29) is 6.42 Å². The minimum absolute atomic E-state index is 0.0490. The molecule has 0 rings (SSSR count). The van der Waals surface area contributed by atoms with Gasteiger partial charge in [0.25, 0.3) is 0 Å². The summed E-state index contributed by atoms with van der Waals surface area (Å²) in [6.45, 7) is 5.32. The molecule has 0 heterocycles. The highest BCUT2D eigenvalue weighted by atomic mass is 16.4. The standard InChI is InChI=1S/C13H23NO7/c1-2-5-14-6-3-4-8(16)10(18)12(20)13(21)11(19)9(17)7-15/h1,10-15,18-21H,2-7H2/t10-,11+,12+,13+/m0/s1. The maximum Gasteiger partial charge on any atom is 0.189 e. The lowest BCUT2D eigenvalue weighted by Gasteiger charge is -2.24. The number of Topliss-reactive ketones (excluding diaryl/α,β-unsaturated/α-hetero) is 2. The smallest absolute Gasteiger partial charge is 0.189 e. The zero-order chi connectivity index (χ0) is 16.4. The molecule has 0 aliphatic heterocycles. The molecule has 0 unspecified atom stereocenters. The molecule has 8 heteroatoms. The van der Waals surface area contributed by atoms with Crippen molar-refractivity contribution in [1.29, 1.82) is 0 Å². The van der Waals surface area contributed by atoms with E-state index in [1.807, 2.05) is 0 Å². The fraction of sp³-hybridized carbons (Fsp3) is 0.769. The lowest BCUT2D eigenvalue weighted by Crippen LogP contribution is -2.50. The van der Waals surface area contributed by atoms with Crippen LogP contribution < -0.4 is 5.32 Å². The maximum atomic E-state index is 11.6. The van der Waals surface area contributed by atoms with Crippen molar-refractivity contribution in [3.63, 3.8) is 0 Å². The minimum atomic E-state index is -2.07. The van der Waals surface area contributed by atoms with E-state index in [0.29, 0.717) is 25.9 Å². The Morgan fingerprint density at radius 3 is 1.95 bits per heavy atom. The van der Waals surface area contributed by atoms with Crippen LogP contribution in [0.2, 0.25) is 0 Å². The van der Waals surface area contributed by atoms with Crippen LogP contribution in [-0.2, 0) is 9.59 Å². The Kier molecular flexibility index (Phi) is 10.3. The molecule has 4 atom stereocenters. The Balaban J connectivity index is 4.25. The van der Waals surface area contributed by atoms with Gasteiger partial charge in [0, 0.05) is 6.42 Å². The molecule has 0 fully saturated rings. The molecule has 0 aliphatic rings. The Bertz CT molecular complexity index is 324. The summed E-state index contributed by atoms with van der Waals surface area (Å²) in [7, 11) is 0. The summed E-state index contributed by atoms with van der Waals surface area (Å²) in [5.41, 5.74) is 0. The maximum absolute atomic E-state index is 11.6. The van der Waals surface area contributed by atoms with Gasteiger partial charge in [0.1, 0.15) is 31.0 Å². The highest BCUT2D eigenvalue weighted by molar-refractivity contribution is 5.85. The van der Waals surface area contributed by atoms with Gasteiger partial charge in [-0.2, -0.15) is 0 Å². The second-order valence-electron chi connectivity index (χ2n) is 4.60. The molecule has 0 aliphatic carbocycles. The third-order valence-corrected chi connectivity index (χ3v) is 2.91. The zero-order valence-electron chi connectivity index (χ0n) is 11.7. The predicted molar refractivity (Wildman–Crippen MR) is 72.1 cm³/mol. The van der Waals surface area contributed by atoms with Crippen molar-refractivity contribution < 1.29 is 35.1 Å². The molecule has 0 bridgehead atoms. The monoisotopic (exact) mass is 305 g/mol. The molecule has 2 radical (unpaired) electrons. The van der Waals surface area contributed by atoms with Gasteiger partial charge in [-0.1, -0.05) is 0 Å². The van der Waals surface area contributed by atoms with Crippen molar-refractivity contribution in [3.05, 3.63) is 6.92 Å². The normalized spacial score (nSPS) is 17.0. The average molecular weight is 305 g/mol. The van der Waals surface area contributed by atoms with Gasteiger partial charge in [0.15, 0.2) is 11.6 Å². The van der Waals surface area contributed by atoms with Crippen molar-refractivity contribution in [2.45, 2.75) is 43.7 Å². The van der Waals surface area contributed by atoms with E-state index in [2.05, 4.69) is 5.32 Å². The van der Waals surface area contributed by atoms with Crippen molar-refractivity contribution in [1.82, 2.24) is 5.32 Å². The number of nitrogens with one attached hydrogen (secondary N) is 1. The summed E-state index contributed by atoms with van der Waals surface area (Å²) in [6.07, 6.45) is -7.25. The van der Waals surface area contributed by atoms with Crippen LogP contribution in [0, 0.1) is 6.92 Å². The number of aliphatic hydroxyl groups is 5. The van der Waals surface area contributed by atoms with Gasteiger partial charge in [0.2, 0.25) is 0 Å².